The van der Waals surface area contributed by atoms with E-state index in [1.54, 1.807) is 0 Å². The van der Waals surface area contributed by atoms with E-state index in [4.69, 9.17) is 8.83 Å². The van der Waals surface area contributed by atoms with E-state index in [1.165, 1.54) is 188 Å². The molecule has 4 nitrogen and oxygen atoms in total. The molecule has 684 valence electrons. The van der Waals surface area contributed by atoms with Gasteiger partial charge in [-0.15, -0.1) is 0 Å². The summed E-state index contributed by atoms with van der Waals surface area (Å²) in [5.74, 6) is 0. The van der Waals surface area contributed by atoms with Gasteiger partial charge in [0.15, 0.2) is 0 Å². The maximum Gasteiger partial charge on any atom is 0.143 e. The van der Waals surface area contributed by atoms with Gasteiger partial charge in [-0.2, -0.15) is 0 Å². The number of benzene rings is 22. The molecule has 0 spiro atoms. The quantitative estimate of drug-likeness (QED) is 0.109. The van der Waals surface area contributed by atoms with Gasteiger partial charge in [-0.3, -0.25) is 0 Å². The van der Waals surface area contributed by atoms with Gasteiger partial charge in [-0.05, 0) is 322 Å². The standard InChI is InChI=1S/C77H57NO.C63H45NO/c1-75(2)67-40-52(50-24-22-46-14-7-9-16-48(46)38-50)26-32-59(67)62-35-29-55(43-70(62)75)78(56-30-36-63-60-33-27-53(41-68(60)76(3,4)71(63)44-56)51-25-23-47-15-8-10-17-49(47)39-51)57-31-37-64-61-34-28-54(42-69(61)77(5,6)72(64)45-57)58-19-13-20-66-65-18-11-12-21-73(65)79-74(58)66;1-63(2)59-40-50(54-23-13-24-58-57-22-9-10-25-61(57)65-62(54)58)30-36-55(59)56-37-35-53(41-60(56)63)64(51-31-26-44(27-32-51)48-20-11-18-46(38-48)42-14-5-3-6-15-42)52-33-28-45(29-34-52)49-21-12-19-47(39-49)43-16-7-4-8-17-43/h7-45H,1-6H3;3-41H,1-2H3. The average molecular weight is 1840 g/mol. The maximum atomic E-state index is 6.58. The van der Waals surface area contributed by atoms with Crippen molar-refractivity contribution >= 4 is 99.5 Å². The van der Waals surface area contributed by atoms with Gasteiger partial charge in [0.1, 0.15) is 22.3 Å². The molecule has 2 heterocycles. The number of anilines is 6. The number of nitrogens with zero attached hydrogens (tertiary/aromatic N) is 2. The molecule has 0 aliphatic heterocycles. The van der Waals surface area contributed by atoms with E-state index < -0.39 is 0 Å². The van der Waals surface area contributed by atoms with Crippen LogP contribution >= 0.6 is 0 Å². The maximum absolute atomic E-state index is 6.58. The van der Waals surface area contributed by atoms with E-state index in [9.17, 15) is 0 Å². The summed E-state index contributed by atoms with van der Waals surface area (Å²) in [7, 11) is 0. The third-order valence-electron chi connectivity index (χ3n) is 32.1. The second-order valence-corrected chi connectivity index (χ2v) is 41.8. The largest absolute Gasteiger partial charge is 0.455 e. The Balaban J connectivity index is 0.000000146. The highest BCUT2D eigenvalue weighted by Gasteiger charge is 2.43. The second kappa shape index (κ2) is 33.1. The molecule has 4 aliphatic rings. The third kappa shape index (κ3) is 14.0. The molecule has 4 aliphatic carbocycles. The predicted molar refractivity (Wildman–Crippen MR) is 606 cm³/mol. The molecule has 0 saturated carbocycles. The first-order valence-electron chi connectivity index (χ1n) is 50.4. The van der Waals surface area contributed by atoms with Gasteiger partial charge in [0.05, 0.1) is 0 Å². The first-order valence-corrected chi connectivity index (χ1v) is 50.4. The van der Waals surface area contributed by atoms with Gasteiger partial charge in [-0.25, -0.2) is 0 Å². The molecule has 0 radical (unpaired) electrons. The molecule has 0 fully saturated rings. The molecule has 0 atom stereocenters. The van der Waals surface area contributed by atoms with Crippen LogP contribution in [0.15, 0.2) is 482 Å². The monoisotopic (exact) mass is 1840 g/mol. The Hall–Kier alpha value is -17.4. The summed E-state index contributed by atoms with van der Waals surface area (Å²) in [6.07, 6.45) is 0. The number of fused-ring (bicyclic) bond motifs is 20. The van der Waals surface area contributed by atoms with Crippen molar-refractivity contribution in [2.75, 3.05) is 9.80 Å². The minimum absolute atomic E-state index is 0.241. The van der Waals surface area contributed by atoms with Crippen molar-refractivity contribution in [1.29, 1.82) is 0 Å². The zero-order valence-electron chi connectivity index (χ0n) is 81.7. The van der Waals surface area contributed by atoms with Gasteiger partial charge in [-0.1, -0.05) is 395 Å². The zero-order chi connectivity index (χ0) is 96.6. The smallest absolute Gasteiger partial charge is 0.143 e. The van der Waals surface area contributed by atoms with Gasteiger partial charge in [0, 0.05) is 88.5 Å². The molecular formula is C140H102N2O2. The van der Waals surface area contributed by atoms with Crippen LogP contribution < -0.4 is 9.80 Å². The van der Waals surface area contributed by atoms with Gasteiger partial charge < -0.3 is 18.6 Å². The van der Waals surface area contributed by atoms with Crippen molar-refractivity contribution in [3.8, 4) is 134 Å². The minimum atomic E-state index is -0.279. The van der Waals surface area contributed by atoms with Crippen LogP contribution in [0, 0.1) is 0 Å². The lowest BCUT2D eigenvalue weighted by atomic mass is 9.80. The topological polar surface area (TPSA) is 32.8 Å². The van der Waals surface area contributed by atoms with Crippen LogP contribution in [-0.4, -0.2) is 0 Å². The summed E-state index contributed by atoms with van der Waals surface area (Å²) in [6, 6.07) is 175. The molecule has 4 heteroatoms. The molecule has 0 N–H and O–H groups in total. The summed E-state index contributed by atoms with van der Waals surface area (Å²) >= 11 is 0. The summed E-state index contributed by atoms with van der Waals surface area (Å²) in [5, 5.41) is 9.64. The fourth-order valence-electron chi connectivity index (χ4n) is 24.4. The molecule has 0 amide bonds. The van der Waals surface area contributed by atoms with Crippen molar-refractivity contribution in [2.45, 2.75) is 77.0 Å². The van der Waals surface area contributed by atoms with E-state index in [0.29, 0.717) is 0 Å². The molecule has 0 saturated heterocycles. The normalized spacial score (nSPS) is 13.8. The molecule has 144 heavy (non-hydrogen) atoms. The van der Waals surface area contributed by atoms with Crippen molar-refractivity contribution < 1.29 is 8.83 Å². The molecule has 28 rings (SSSR count). The van der Waals surface area contributed by atoms with Crippen molar-refractivity contribution in [3.63, 3.8) is 0 Å². The van der Waals surface area contributed by atoms with Crippen molar-refractivity contribution in [1.82, 2.24) is 0 Å². The Labute approximate surface area is 840 Å². The van der Waals surface area contributed by atoms with Gasteiger partial charge in [0.2, 0.25) is 0 Å². The number of hydrogen-bond acceptors (Lipinski definition) is 4. The molecule has 2 aromatic heterocycles. The number of para-hydroxylation sites is 4. The van der Waals surface area contributed by atoms with Crippen molar-refractivity contribution in [3.05, 3.63) is 518 Å². The summed E-state index contributed by atoms with van der Waals surface area (Å²) in [6.45, 7) is 19.2. The zero-order valence-corrected chi connectivity index (χ0v) is 81.7. The molecule has 22 aromatic carbocycles. The van der Waals surface area contributed by atoms with E-state index >= 15 is 0 Å². The summed E-state index contributed by atoms with van der Waals surface area (Å²) in [4.78, 5) is 4.94. The highest BCUT2D eigenvalue weighted by molar-refractivity contribution is 6.12. The van der Waals surface area contributed by atoms with Crippen LogP contribution in [-0.2, 0) is 21.7 Å². The Morgan fingerprint density at radius 3 is 0.729 bits per heavy atom. The van der Waals surface area contributed by atoms with Crippen LogP contribution in [0.5, 0.6) is 0 Å². The third-order valence-corrected chi connectivity index (χ3v) is 32.1. The number of rotatable bonds is 14. The molecular weight excluding hydrogens is 1740 g/mol. The van der Waals surface area contributed by atoms with Gasteiger partial charge in [0.25, 0.3) is 0 Å². The van der Waals surface area contributed by atoms with Crippen molar-refractivity contribution in [2.24, 2.45) is 0 Å². The Kier molecular flexibility index (Phi) is 19.7. The lowest BCUT2D eigenvalue weighted by molar-refractivity contribution is 0.659. The van der Waals surface area contributed by atoms with Crippen LogP contribution in [0.3, 0.4) is 0 Å². The predicted octanol–water partition coefficient (Wildman–Crippen LogP) is 39.0. The van der Waals surface area contributed by atoms with Crippen LogP contribution in [0.25, 0.3) is 199 Å². The number of hydrogen-bond donors (Lipinski definition) is 0. The van der Waals surface area contributed by atoms with E-state index in [0.717, 1.165) is 89.1 Å². The lowest BCUT2D eigenvalue weighted by Crippen LogP contribution is -2.19. The van der Waals surface area contributed by atoms with E-state index in [1.807, 2.05) is 6.07 Å². The fraction of sp³-hybridized carbons (Fsp3) is 0.0857. The first kappa shape index (κ1) is 85.7. The SMILES string of the molecule is CC1(C)c2cc(-c3ccc4ccccc4c3)ccc2-c2ccc(N(c3ccc4c(c3)C(C)(C)c3cc(-c5ccc6ccccc6c5)ccc3-4)c3ccc4c(c3)C(C)(C)c3cc(-c5cccc6c5oc5ccccc56)ccc3-4)cc21.CC1(C)c2cc(-c3cccc4c3oc3ccccc34)ccc2-c2ccc(N(c3ccc(-c4cccc(-c5ccccc5)c4)cc3)c3ccc(-c4cccc(-c5ccccc5)c4)cc3)cc21. The fourth-order valence-corrected chi connectivity index (χ4v) is 24.4. The minimum Gasteiger partial charge on any atom is -0.455 e. The van der Waals surface area contributed by atoms with Crippen LogP contribution in [0.4, 0.5) is 34.1 Å². The lowest BCUT2D eigenvalue weighted by Gasteiger charge is -2.31. The van der Waals surface area contributed by atoms with E-state index in [-0.39, 0.29) is 21.7 Å². The Morgan fingerprint density at radius 2 is 0.375 bits per heavy atom. The average Bonchev–Trinajstić information content (AvgIpc) is 1.55. The summed E-state index contributed by atoms with van der Waals surface area (Å²) < 4.78 is 13.1. The molecule has 24 aromatic rings. The number of furan rings is 2. The highest BCUT2D eigenvalue weighted by atomic mass is 16.3. The molecule has 0 bridgehead atoms. The highest BCUT2D eigenvalue weighted by Crippen LogP contribution is 2.59. The summed E-state index contributed by atoms with van der Waals surface area (Å²) in [5.41, 5.74) is 49.7. The Bertz CT molecular complexity index is 9070. The van der Waals surface area contributed by atoms with Crippen LogP contribution in [0.1, 0.15) is 99.9 Å². The van der Waals surface area contributed by atoms with Crippen LogP contribution in [0.2, 0.25) is 0 Å². The molecule has 0 unspecified atom stereocenters. The first-order chi connectivity index (χ1) is 70.3. The Morgan fingerprint density at radius 1 is 0.146 bits per heavy atom. The van der Waals surface area contributed by atoms with Gasteiger partial charge >= 0.3 is 0 Å². The second-order valence-electron chi connectivity index (χ2n) is 41.8. The van der Waals surface area contributed by atoms with E-state index in [2.05, 4.69) is 532 Å².